The summed E-state index contributed by atoms with van der Waals surface area (Å²) in [5.74, 6) is 2.90. The number of fused-ring (bicyclic) bond motifs is 1. The Balaban J connectivity index is 0.000000771. The number of nitrogens with two attached hydrogens (primary N) is 1. The van der Waals surface area contributed by atoms with Crippen LogP contribution >= 0.6 is 0 Å². The summed E-state index contributed by atoms with van der Waals surface area (Å²) in [4.78, 5) is 15.2. The SMILES string of the molecule is CC.NOC(=O)c1c(F)ccc2c1OB(O)CC2. The van der Waals surface area contributed by atoms with E-state index in [2.05, 4.69) is 4.84 Å². The van der Waals surface area contributed by atoms with Crippen molar-refractivity contribution in [3.8, 4) is 5.75 Å². The Morgan fingerprint density at radius 2 is 2.22 bits per heavy atom. The summed E-state index contributed by atoms with van der Waals surface area (Å²) in [6, 6.07) is 2.65. The Kier molecular flexibility index (Phi) is 5.12. The lowest BCUT2D eigenvalue weighted by atomic mass is 9.78. The molecule has 0 atom stereocenters. The molecular weight excluding hydrogens is 240 g/mol. The highest BCUT2D eigenvalue weighted by atomic mass is 19.1. The van der Waals surface area contributed by atoms with Gasteiger partial charge in [-0.15, -0.1) is 0 Å². The van der Waals surface area contributed by atoms with Crippen LogP contribution < -0.4 is 10.6 Å². The molecule has 3 N–H and O–H groups in total. The van der Waals surface area contributed by atoms with Gasteiger partial charge < -0.3 is 14.5 Å². The van der Waals surface area contributed by atoms with Crippen LogP contribution in [-0.2, 0) is 11.3 Å². The molecule has 0 radical (unpaired) electrons. The van der Waals surface area contributed by atoms with Crippen LogP contribution in [0.5, 0.6) is 5.75 Å². The fraction of sp³-hybridized carbons (Fsp3) is 0.364. The molecular formula is C11H15BFNO4. The zero-order valence-corrected chi connectivity index (χ0v) is 10.3. The van der Waals surface area contributed by atoms with E-state index >= 15 is 0 Å². The van der Waals surface area contributed by atoms with Gasteiger partial charge in [0.2, 0.25) is 0 Å². The van der Waals surface area contributed by atoms with Crippen LogP contribution in [0.3, 0.4) is 0 Å². The quantitative estimate of drug-likeness (QED) is 0.583. The molecule has 5 nitrogen and oxygen atoms in total. The number of carbonyl (C=O) groups is 1. The molecule has 0 unspecified atom stereocenters. The Bertz CT molecular complexity index is 441. The summed E-state index contributed by atoms with van der Waals surface area (Å²) >= 11 is 0. The van der Waals surface area contributed by atoms with E-state index < -0.39 is 18.9 Å². The lowest BCUT2D eigenvalue weighted by molar-refractivity contribution is 0.0495. The van der Waals surface area contributed by atoms with Crippen molar-refractivity contribution in [2.45, 2.75) is 26.6 Å². The summed E-state index contributed by atoms with van der Waals surface area (Å²) < 4.78 is 18.4. The van der Waals surface area contributed by atoms with Gasteiger partial charge in [-0.3, -0.25) is 0 Å². The second kappa shape index (κ2) is 6.37. The molecule has 0 amide bonds. The third-order valence-corrected chi connectivity index (χ3v) is 2.41. The molecule has 1 aliphatic heterocycles. The van der Waals surface area contributed by atoms with Crippen molar-refractivity contribution in [3.05, 3.63) is 29.1 Å². The third kappa shape index (κ3) is 2.80. The van der Waals surface area contributed by atoms with Gasteiger partial charge in [0.05, 0.1) is 0 Å². The molecule has 1 aromatic rings. The number of aryl methyl sites for hydroxylation is 1. The molecule has 0 saturated carbocycles. The number of hydrogen-bond acceptors (Lipinski definition) is 5. The molecule has 0 fully saturated rings. The predicted molar refractivity (Wildman–Crippen MR) is 64.5 cm³/mol. The summed E-state index contributed by atoms with van der Waals surface area (Å²) in [6.07, 6.45) is 0.900. The zero-order valence-electron chi connectivity index (χ0n) is 10.3. The molecule has 7 heteroatoms. The predicted octanol–water partition coefficient (Wildman–Crippen LogP) is 1.30. The minimum Gasteiger partial charge on any atom is -0.535 e. The van der Waals surface area contributed by atoms with Crippen LogP contribution in [0.15, 0.2) is 12.1 Å². The molecule has 0 aliphatic carbocycles. The van der Waals surface area contributed by atoms with Gasteiger partial charge in [-0.05, 0) is 24.4 Å². The van der Waals surface area contributed by atoms with Crippen LogP contribution in [0.25, 0.3) is 0 Å². The van der Waals surface area contributed by atoms with Gasteiger partial charge in [0.15, 0.2) is 0 Å². The van der Waals surface area contributed by atoms with E-state index in [1.807, 2.05) is 13.8 Å². The minimum absolute atomic E-state index is 0.00852. The van der Waals surface area contributed by atoms with Crippen LogP contribution in [0.1, 0.15) is 29.8 Å². The maximum atomic E-state index is 13.4. The van der Waals surface area contributed by atoms with E-state index in [1.165, 1.54) is 6.07 Å². The van der Waals surface area contributed by atoms with Crippen molar-refractivity contribution >= 4 is 13.1 Å². The second-order valence-electron chi connectivity index (χ2n) is 3.43. The van der Waals surface area contributed by atoms with Crippen molar-refractivity contribution in [2.24, 2.45) is 5.90 Å². The normalized spacial score (nSPS) is 12.8. The molecule has 2 rings (SSSR count). The van der Waals surface area contributed by atoms with Gasteiger partial charge >= 0.3 is 13.1 Å². The van der Waals surface area contributed by atoms with E-state index in [4.69, 9.17) is 10.6 Å². The minimum atomic E-state index is -1.04. The molecule has 98 valence electrons. The maximum Gasteiger partial charge on any atom is 0.522 e. The summed E-state index contributed by atoms with van der Waals surface area (Å²) in [5.41, 5.74) is 0.269. The van der Waals surface area contributed by atoms with Crippen LogP contribution in [0.4, 0.5) is 4.39 Å². The second-order valence-corrected chi connectivity index (χ2v) is 3.43. The molecule has 0 aromatic heterocycles. The molecule has 1 heterocycles. The van der Waals surface area contributed by atoms with Gasteiger partial charge in [0.25, 0.3) is 0 Å². The fourth-order valence-electron chi connectivity index (χ4n) is 1.66. The Hall–Kier alpha value is -1.60. The first-order valence-corrected chi connectivity index (χ1v) is 5.70. The maximum absolute atomic E-state index is 13.4. The Morgan fingerprint density at radius 1 is 1.56 bits per heavy atom. The number of benzene rings is 1. The first-order valence-electron chi connectivity index (χ1n) is 5.70. The monoisotopic (exact) mass is 255 g/mol. The van der Waals surface area contributed by atoms with Gasteiger partial charge in [-0.25, -0.2) is 9.18 Å². The van der Waals surface area contributed by atoms with Gasteiger partial charge in [-0.2, -0.15) is 5.90 Å². The standard InChI is InChI=1S/C9H9BFNO4.C2H6/c11-6-2-1-5-3-4-10(14)15-8(5)7(6)9(13)16-12;1-2/h1-2,14H,3-4,12H2;1-2H3. The van der Waals surface area contributed by atoms with E-state index in [0.717, 1.165) is 6.07 Å². The van der Waals surface area contributed by atoms with Gasteiger partial charge in [-0.1, -0.05) is 19.9 Å². The molecule has 0 saturated heterocycles. The fourth-order valence-corrected chi connectivity index (χ4v) is 1.66. The highest BCUT2D eigenvalue weighted by molar-refractivity contribution is 6.44. The molecule has 0 bridgehead atoms. The number of carbonyl (C=O) groups excluding carboxylic acids is 1. The highest BCUT2D eigenvalue weighted by Crippen LogP contribution is 2.32. The average Bonchev–Trinajstić information content (AvgIpc) is 2.40. The lowest BCUT2D eigenvalue weighted by Gasteiger charge is -2.21. The van der Waals surface area contributed by atoms with E-state index in [1.54, 1.807) is 0 Å². The first kappa shape index (κ1) is 14.5. The molecule has 1 aromatic carbocycles. The molecule has 1 aliphatic rings. The molecule has 0 spiro atoms. The average molecular weight is 255 g/mol. The number of hydrogen-bond donors (Lipinski definition) is 2. The van der Waals surface area contributed by atoms with Crippen molar-refractivity contribution in [1.82, 2.24) is 0 Å². The first-order chi connectivity index (χ1) is 8.63. The zero-order chi connectivity index (χ0) is 13.7. The Labute approximate surface area is 105 Å². The van der Waals surface area contributed by atoms with Gasteiger partial charge in [0.1, 0.15) is 17.1 Å². The smallest absolute Gasteiger partial charge is 0.522 e. The highest BCUT2D eigenvalue weighted by Gasteiger charge is 2.30. The summed E-state index contributed by atoms with van der Waals surface area (Å²) in [5, 5.41) is 9.30. The topological polar surface area (TPSA) is 81.8 Å². The van der Waals surface area contributed by atoms with Crippen LogP contribution in [0.2, 0.25) is 6.32 Å². The lowest BCUT2D eigenvalue weighted by Crippen LogP contribution is -2.29. The van der Waals surface area contributed by atoms with Crippen molar-refractivity contribution < 1.29 is 23.7 Å². The largest absolute Gasteiger partial charge is 0.535 e. The van der Waals surface area contributed by atoms with Crippen molar-refractivity contribution in [1.29, 1.82) is 0 Å². The van der Waals surface area contributed by atoms with E-state index in [0.29, 0.717) is 18.3 Å². The summed E-state index contributed by atoms with van der Waals surface area (Å²) in [6.45, 7) is 4.00. The van der Waals surface area contributed by atoms with Crippen molar-refractivity contribution in [3.63, 3.8) is 0 Å². The summed E-state index contributed by atoms with van der Waals surface area (Å²) in [7, 11) is -1.04. The van der Waals surface area contributed by atoms with Crippen LogP contribution in [0, 0.1) is 5.82 Å². The molecule has 18 heavy (non-hydrogen) atoms. The van der Waals surface area contributed by atoms with Crippen molar-refractivity contribution in [2.75, 3.05) is 0 Å². The number of halogens is 1. The van der Waals surface area contributed by atoms with E-state index in [-0.39, 0.29) is 11.3 Å². The number of rotatable bonds is 1. The van der Waals surface area contributed by atoms with Gasteiger partial charge in [0, 0.05) is 0 Å². The third-order valence-electron chi connectivity index (χ3n) is 2.41. The van der Waals surface area contributed by atoms with Crippen LogP contribution in [-0.4, -0.2) is 18.1 Å². The Morgan fingerprint density at radius 3 is 2.83 bits per heavy atom. The van der Waals surface area contributed by atoms with E-state index in [9.17, 15) is 14.2 Å².